The second kappa shape index (κ2) is 8.99. The highest BCUT2D eigenvalue weighted by molar-refractivity contribution is 7.80. The summed E-state index contributed by atoms with van der Waals surface area (Å²) in [6, 6.07) is 2.09. The predicted octanol–water partition coefficient (Wildman–Crippen LogP) is 1.38. The Bertz CT molecular complexity index is 643. The smallest absolute Gasteiger partial charge is 0.232 e. The van der Waals surface area contributed by atoms with Crippen molar-refractivity contribution in [1.29, 1.82) is 0 Å². The Morgan fingerprint density at radius 1 is 1.04 bits per heavy atom. The van der Waals surface area contributed by atoms with E-state index < -0.39 is 0 Å². The number of nitrogens with zero attached hydrogens (tertiary/aromatic N) is 4. The van der Waals surface area contributed by atoms with E-state index in [1.807, 2.05) is 0 Å². The van der Waals surface area contributed by atoms with Crippen molar-refractivity contribution in [3.05, 3.63) is 6.07 Å². The normalized spacial score (nSPS) is 22.9. The summed E-state index contributed by atoms with van der Waals surface area (Å²) in [5.41, 5.74) is 0. The van der Waals surface area contributed by atoms with Crippen LogP contribution >= 0.6 is 12.2 Å². The van der Waals surface area contributed by atoms with Crippen LogP contribution in [-0.2, 0) is 9.47 Å². The van der Waals surface area contributed by atoms with Crippen molar-refractivity contribution in [2.24, 2.45) is 0 Å². The molecule has 4 rings (SSSR count). The van der Waals surface area contributed by atoms with E-state index in [9.17, 15) is 0 Å². The van der Waals surface area contributed by atoms with Gasteiger partial charge in [-0.15, -0.1) is 0 Å². The number of nitrogens with one attached hydrogen (secondary N) is 2. The highest BCUT2D eigenvalue weighted by Gasteiger charge is 2.20. The molecule has 1 aromatic rings. The number of thiocarbonyl (C=S) groups is 1. The summed E-state index contributed by atoms with van der Waals surface area (Å²) in [6.45, 7) is 6.79. The molecular formula is C18H28N6O2S. The van der Waals surface area contributed by atoms with Gasteiger partial charge in [-0.3, -0.25) is 0 Å². The fraction of sp³-hybridized carbons (Fsp3) is 0.722. The quantitative estimate of drug-likeness (QED) is 0.723. The molecule has 0 aromatic carbocycles. The lowest BCUT2D eigenvalue weighted by Crippen LogP contribution is -2.38. The van der Waals surface area contributed by atoms with Crippen LogP contribution in [0.4, 0.5) is 17.6 Å². The average Bonchev–Trinajstić information content (AvgIpc) is 3.41. The van der Waals surface area contributed by atoms with Crippen LogP contribution in [0.2, 0.25) is 0 Å². The van der Waals surface area contributed by atoms with Gasteiger partial charge in [0.15, 0.2) is 5.11 Å². The summed E-state index contributed by atoms with van der Waals surface area (Å²) >= 11 is 5.44. The van der Waals surface area contributed by atoms with E-state index in [1.165, 1.54) is 12.8 Å². The number of ether oxygens (including phenoxy) is 2. The minimum absolute atomic E-state index is 0.241. The van der Waals surface area contributed by atoms with Gasteiger partial charge in [0, 0.05) is 45.4 Å². The molecule has 0 unspecified atom stereocenters. The molecule has 2 N–H and O–H groups in total. The monoisotopic (exact) mass is 392 g/mol. The first-order valence-corrected chi connectivity index (χ1v) is 10.3. The van der Waals surface area contributed by atoms with Gasteiger partial charge in [0.2, 0.25) is 5.95 Å². The summed E-state index contributed by atoms with van der Waals surface area (Å²) in [5, 5.41) is 6.94. The topological polar surface area (TPSA) is 74.8 Å². The van der Waals surface area contributed by atoms with Gasteiger partial charge in [0.1, 0.15) is 11.6 Å². The molecule has 1 aromatic heterocycles. The first kappa shape index (κ1) is 18.6. The summed E-state index contributed by atoms with van der Waals surface area (Å²) in [7, 11) is 0. The molecule has 1 atom stereocenters. The van der Waals surface area contributed by atoms with Crippen LogP contribution in [0.5, 0.6) is 0 Å². The first-order valence-electron chi connectivity index (χ1n) is 9.91. The first-order chi connectivity index (χ1) is 13.3. The van der Waals surface area contributed by atoms with E-state index in [1.54, 1.807) is 0 Å². The van der Waals surface area contributed by atoms with Gasteiger partial charge in [0.05, 0.1) is 19.3 Å². The molecule has 148 valence electrons. The SMILES string of the molecule is S=C(NC[C@@H]1CCCO1)Nc1nc(N2CCCC2)cc(N2CCOCC2)n1. The Hall–Kier alpha value is -1.71. The molecule has 0 saturated carbocycles. The average molecular weight is 393 g/mol. The molecule has 8 nitrogen and oxygen atoms in total. The Morgan fingerprint density at radius 3 is 2.41 bits per heavy atom. The minimum atomic E-state index is 0.241. The minimum Gasteiger partial charge on any atom is -0.378 e. The molecule has 3 aliphatic heterocycles. The standard InChI is InChI=1S/C18H28N6O2S/c27-18(19-13-14-4-3-9-26-14)22-17-20-15(23-5-1-2-6-23)12-16(21-17)24-7-10-25-11-8-24/h12,14H,1-11,13H2,(H2,19,20,21,22,27)/t14-/m0/s1. The van der Waals surface area contributed by atoms with Crippen LogP contribution in [0, 0.1) is 0 Å². The summed E-state index contributed by atoms with van der Waals surface area (Å²) in [4.78, 5) is 14.0. The van der Waals surface area contributed by atoms with Crippen molar-refractivity contribution in [3.8, 4) is 0 Å². The highest BCUT2D eigenvalue weighted by atomic mass is 32.1. The van der Waals surface area contributed by atoms with E-state index in [4.69, 9.17) is 31.7 Å². The van der Waals surface area contributed by atoms with Gasteiger partial charge in [-0.2, -0.15) is 9.97 Å². The van der Waals surface area contributed by atoms with Gasteiger partial charge in [-0.05, 0) is 37.9 Å². The molecule has 3 saturated heterocycles. The lowest BCUT2D eigenvalue weighted by atomic mass is 10.2. The molecular weight excluding hydrogens is 364 g/mol. The highest BCUT2D eigenvalue weighted by Crippen LogP contribution is 2.24. The maximum Gasteiger partial charge on any atom is 0.232 e. The maximum absolute atomic E-state index is 5.63. The third kappa shape index (κ3) is 4.97. The lowest BCUT2D eigenvalue weighted by Gasteiger charge is -2.29. The number of aromatic nitrogens is 2. The molecule has 3 aliphatic rings. The number of morpholine rings is 1. The molecule has 27 heavy (non-hydrogen) atoms. The van der Waals surface area contributed by atoms with Crippen LogP contribution in [-0.4, -0.2) is 73.7 Å². The van der Waals surface area contributed by atoms with Crippen molar-refractivity contribution in [3.63, 3.8) is 0 Å². The van der Waals surface area contributed by atoms with Gasteiger partial charge >= 0.3 is 0 Å². The van der Waals surface area contributed by atoms with Crippen LogP contribution in [0.15, 0.2) is 6.07 Å². The number of hydrogen-bond acceptors (Lipinski definition) is 7. The van der Waals surface area contributed by atoms with Crippen LogP contribution in [0.1, 0.15) is 25.7 Å². The molecule has 0 bridgehead atoms. The Balaban J connectivity index is 1.45. The maximum atomic E-state index is 5.63. The van der Waals surface area contributed by atoms with Gasteiger partial charge in [-0.25, -0.2) is 0 Å². The largest absolute Gasteiger partial charge is 0.378 e. The second-order valence-corrected chi connectivity index (χ2v) is 7.58. The zero-order valence-corrected chi connectivity index (χ0v) is 16.5. The van der Waals surface area contributed by atoms with Crippen molar-refractivity contribution in [1.82, 2.24) is 15.3 Å². The molecule has 3 fully saturated rings. The van der Waals surface area contributed by atoms with Gasteiger partial charge < -0.3 is 29.9 Å². The predicted molar refractivity (Wildman–Crippen MR) is 110 cm³/mol. The van der Waals surface area contributed by atoms with Crippen molar-refractivity contribution >= 4 is 34.9 Å². The summed E-state index contributed by atoms with van der Waals surface area (Å²) in [5.74, 6) is 2.44. The molecule has 0 amide bonds. The van der Waals surface area contributed by atoms with E-state index in [-0.39, 0.29) is 6.10 Å². The van der Waals surface area contributed by atoms with Crippen LogP contribution in [0.3, 0.4) is 0 Å². The fourth-order valence-electron chi connectivity index (χ4n) is 3.70. The van der Waals surface area contributed by atoms with E-state index >= 15 is 0 Å². The zero-order valence-electron chi connectivity index (χ0n) is 15.7. The Labute approximate surface area is 165 Å². The molecule has 0 radical (unpaired) electrons. The Kier molecular flexibility index (Phi) is 6.21. The fourth-order valence-corrected chi connectivity index (χ4v) is 3.87. The summed E-state index contributed by atoms with van der Waals surface area (Å²) < 4.78 is 11.1. The van der Waals surface area contributed by atoms with E-state index in [0.29, 0.717) is 17.6 Å². The van der Waals surface area contributed by atoms with Gasteiger partial charge in [-0.1, -0.05) is 0 Å². The molecule has 0 aliphatic carbocycles. The second-order valence-electron chi connectivity index (χ2n) is 7.17. The van der Waals surface area contributed by atoms with Crippen LogP contribution in [0.25, 0.3) is 0 Å². The molecule has 4 heterocycles. The van der Waals surface area contributed by atoms with Crippen molar-refractivity contribution in [2.45, 2.75) is 31.8 Å². The van der Waals surface area contributed by atoms with Gasteiger partial charge in [0.25, 0.3) is 0 Å². The molecule has 9 heteroatoms. The van der Waals surface area contributed by atoms with Crippen LogP contribution < -0.4 is 20.4 Å². The third-order valence-electron chi connectivity index (χ3n) is 5.20. The number of anilines is 3. The number of hydrogen-bond donors (Lipinski definition) is 2. The van der Waals surface area contributed by atoms with Crippen molar-refractivity contribution < 1.29 is 9.47 Å². The number of rotatable bonds is 5. The third-order valence-corrected chi connectivity index (χ3v) is 5.45. The Morgan fingerprint density at radius 2 is 1.74 bits per heavy atom. The van der Waals surface area contributed by atoms with Crippen molar-refractivity contribution in [2.75, 3.05) is 67.7 Å². The van der Waals surface area contributed by atoms with E-state index in [2.05, 4.69) is 26.5 Å². The van der Waals surface area contributed by atoms with E-state index in [0.717, 1.165) is 70.5 Å². The lowest BCUT2D eigenvalue weighted by molar-refractivity contribution is 0.114. The summed E-state index contributed by atoms with van der Waals surface area (Å²) in [6.07, 6.45) is 4.86. The zero-order chi connectivity index (χ0) is 18.5. The molecule has 0 spiro atoms.